The van der Waals surface area contributed by atoms with E-state index in [4.69, 9.17) is 0 Å². The van der Waals surface area contributed by atoms with Gasteiger partial charge in [0.25, 0.3) is 0 Å². The highest BCUT2D eigenvalue weighted by molar-refractivity contribution is 5.45. The fourth-order valence-electron chi connectivity index (χ4n) is 1.22. The molecule has 13 heavy (non-hydrogen) atoms. The zero-order valence-corrected chi connectivity index (χ0v) is 8.80. The second-order valence-electron chi connectivity index (χ2n) is 3.83. The average Bonchev–Trinajstić information content (AvgIpc) is 2.15. The summed E-state index contributed by atoms with van der Waals surface area (Å²) in [6.07, 6.45) is 1.11. The summed E-state index contributed by atoms with van der Waals surface area (Å²) < 4.78 is 0. The van der Waals surface area contributed by atoms with Crippen LogP contribution in [0.3, 0.4) is 0 Å². The maximum Gasteiger partial charge on any atom is 0.0342 e. The average molecular weight is 177 g/mol. The van der Waals surface area contributed by atoms with E-state index in [2.05, 4.69) is 50.4 Å². The van der Waals surface area contributed by atoms with Crippen molar-refractivity contribution >= 4 is 5.69 Å². The van der Waals surface area contributed by atoms with E-state index in [1.54, 1.807) is 0 Å². The minimum absolute atomic E-state index is 0.699. The van der Waals surface area contributed by atoms with Gasteiger partial charge in [-0.2, -0.15) is 0 Å². The molecule has 0 fully saturated rings. The van der Waals surface area contributed by atoms with Gasteiger partial charge >= 0.3 is 0 Å². The number of aryl methyl sites for hydroxylation is 1. The zero-order chi connectivity index (χ0) is 9.68. The van der Waals surface area contributed by atoms with Crippen LogP contribution in [0.1, 0.15) is 26.3 Å². The SMILES string of the molecule is CCc1cccc(NCC(C)C)c1. The Morgan fingerprint density at radius 3 is 2.69 bits per heavy atom. The Balaban J connectivity index is 2.56. The van der Waals surface area contributed by atoms with Gasteiger partial charge in [-0.15, -0.1) is 0 Å². The van der Waals surface area contributed by atoms with E-state index in [0.717, 1.165) is 13.0 Å². The molecular formula is C12H19N. The molecule has 0 aliphatic rings. The van der Waals surface area contributed by atoms with Gasteiger partial charge in [-0.3, -0.25) is 0 Å². The third-order valence-corrected chi connectivity index (χ3v) is 2.05. The molecule has 0 saturated carbocycles. The summed E-state index contributed by atoms with van der Waals surface area (Å²) in [7, 11) is 0. The van der Waals surface area contributed by atoms with E-state index in [1.807, 2.05) is 0 Å². The summed E-state index contributed by atoms with van der Waals surface area (Å²) in [5.74, 6) is 0.699. The van der Waals surface area contributed by atoms with Crippen LogP contribution in [0.4, 0.5) is 5.69 Å². The van der Waals surface area contributed by atoms with Crippen molar-refractivity contribution in [3.05, 3.63) is 29.8 Å². The van der Waals surface area contributed by atoms with Gasteiger partial charge in [-0.05, 0) is 30.0 Å². The highest BCUT2D eigenvalue weighted by atomic mass is 14.9. The number of anilines is 1. The first-order valence-corrected chi connectivity index (χ1v) is 5.05. The van der Waals surface area contributed by atoms with Crippen LogP contribution in [0.25, 0.3) is 0 Å². The molecule has 0 heterocycles. The summed E-state index contributed by atoms with van der Waals surface area (Å²) in [6.45, 7) is 7.67. The molecule has 1 rings (SSSR count). The lowest BCUT2D eigenvalue weighted by Gasteiger charge is -2.09. The minimum Gasteiger partial charge on any atom is -0.385 e. The molecule has 0 aliphatic carbocycles. The van der Waals surface area contributed by atoms with E-state index in [1.165, 1.54) is 11.3 Å². The van der Waals surface area contributed by atoms with Crippen LogP contribution in [0.2, 0.25) is 0 Å². The van der Waals surface area contributed by atoms with Crippen molar-refractivity contribution in [2.75, 3.05) is 11.9 Å². The molecule has 1 aromatic rings. The fourth-order valence-corrected chi connectivity index (χ4v) is 1.22. The van der Waals surface area contributed by atoms with E-state index in [-0.39, 0.29) is 0 Å². The van der Waals surface area contributed by atoms with Gasteiger partial charge < -0.3 is 5.32 Å². The van der Waals surface area contributed by atoms with Gasteiger partial charge in [0.05, 0.1) is 0 Å². The van der Waals surface area contributed by atoms with Crippen molar-refractivity contribution in [1.82, 2.24) is 0 Å². The first-order chi connectivity index (χ1) is 6.22. The molecule has 0 radical (unpaired) electrons. The number of hydrogen-bond donors (Lipinski definition) is 1. The monoisotopic (exact) mass is 177 g/mol. The molecule has 72 valence electrons. The van der Waals surface area contributed by atoms with Crippen molar-refractivity contribution < 1.29 is 0 Å². The van der Waals surface area contributed by atoms with Crippen molar-refractivity contribution in [3.8, 4) is 0 Å². The van der Waals surface area contributed by atoms with Crippen LogP contribution < -0.4 is 5.32 Å². The third-order valence-electron chi connectivity index (χ3n) is 2.05. The fraction of sp³-hybridized carbons (Fsp3) is 0.500. The molecule has 0 bridgehead atoms. The minimum atomic E-state index is 0.699. The summed E-state index contributed by atoms with van der Waals surface area (Å²) in [5.41, 5.74) is 2.64. The molecule has 0 amide bonds. The van der Waals surface area contributed by atoms with Crippen LogP contribution in [0.15, 0.2) is 24.3 Å². The van der Waals surface area contributed by atoms with Crippen molar-refractivity contribution in [3.63, 3.8) is 0 Å². The molecule has 1 heteroatoms. The van der Waals surface area contributed by atoms with Gasteiger partial charge in [0, 0.05) is 12.2 Å². The normalized spacial score (nSPS) is 10.5. The summed E-state index contributed by atoms with van der Waals surface area (Å²) in [5, 5.41) is 3.42. The molecule has 1 nitrogen and oxygen atoms in total. The van der Waals surface area contributed by atoms with Gasteiger partial charge in [0.2, 0.25) is 0 Å². The van der Waals surface area contributed by atoms with Gasteiger partial charge in [0.15, 0.2) is 0 Å². The Kier molecular flexibility index (Phi) is 3.81. The maximum atomic E-state index is 3.42. The second-order valence-corrected chi connectivity index (χ2v) is 3.83. The smallest absolute Gasteiger partial charge is 0.0342 e. The molecule has 1 N–H and O–H groups in total. The topological polar surface area (TPSA) is 12.0 Å². The molecule has 1 aromatic carbocycles. The highest BCUT2D eigenvalue weighted by Gasteiger charge is 1.95. The lowest BCUT2D eigenvalue weighted by atomic mass is 10.1. The molecule has 0 unspecified atom stereocenters. The predicted molar refractivity (Wildman–Crippen MR) is 59.1 cm³/mol. The number of benzene rings is 1. The van der Waals surface area contributed by atoms with E-state index in [9.17, 15) is 0 Å². The van der Waals surface area contributed by atoms with E-state index < -0.39 is 0 Å². The Labute approximate surface area is 81.2 Å². The van der Waals surface area contributed by atoms with Gasteiger partial charge in [-0.25, -0.2) is 0 Å². The Morgan fingerprint density at radius 2 is 2.08 bits per heavy atom. The van der Waals surface area contributed by atoms with Crippen molar-refractivity contribution in [1.29, 1.82) is 0 Å². The lowest BCUT2D eigenvalue weighted by molar-refractivity contribution is 0.689. The van der Waals surface area contributed by atoms with Crippen LogP contribution in [-0.4, -0.2) is 6.54 Å². The quantitative estimate of drug-likeness (QED) is 0.744. The maximum absolute atomic E-state index is 3.42. The molecule has 0 spiro atoms. The van der Waals surface area contributed by atoms with Crippen LogP contribution in [-0.2, 0) is 6.42 Å². The van der Waals surface area contributed by atoms with Crippen LogP contribution in [0.5, 0.6) is 0 Å². The molecule has 0 atom stereocenters. The summed E-state index contributed by atoms with van der Waals surface area (Å²) in [4.78, 5) is 0. The summed E-state index contributed by atoms with van der Waals surface area (Å²) in [6, 6.07) is 8.63. The standard InChI is InChI=1S/C12H19N/c1-4-11-6-5-7-12(8-11)13-9-10(2)3/h5-8,10,13H,4,9H2,1-3H3. The third kappa shape index (κ3) is 3.49. The van der Waals surface area contributed by atoms with Gasteiger partial charge in [-0.1, -0.05) is 32.9 Å². The van der Waals surface area contributed by atoms with E-state index >= 15 is 0 Å². The van der Waals surface area contributed by atoms with Crippen molar-refractivity contribution in [2.24, 2.45) is 5.92 Å². The molecule has 0 saturated heterocycles. The Morgan fingerprint density at radius 1 is 1.31 bits per heavy atom. The highest BCUT2D eigenvalue weighted by Crippen LogP contribution is 2.11. The molecule has 0 aromatic heterocycles. The predicted octanol–water partition coefficient (Wildman–Crippen LogP) is 3.32. The Bertz CT molecular complexity index is 253. The molecule has 0 aliphatic heterocycles. The number of nitrogens with one attached hydrogen (secondary N) is 1. The first kappa shape index (κ1) is 10.1. The lowest BCUT2D eigenvalue weighted by Crippen LogP contribution is -2.07. The number of hydrogen-bond acceptors (Lipinski definition) is 1. The molecular weight excluding hydrogens is 158 g/mol. The second kappa shape index (κ2) is 4.90. The van der Waals surface area contributed by atoms with Crippen LogP contribution in [0, 0.1) is 5.92 Å². The van der Waals surface area contributed by atoms with Crippen LogP contribution >= 0.6 is 0 Å². The number of rotatable bonds is 4. The van der Waals surface area contributed by atoms with Gasteiger partial charge in [0.1, 0.15) is 0 Å². The Hall–Kier alpha value is -0.980. The zero-order valence-electron chi connectivity index (χ0n) is 8.80. The van der Waals surface area contributed by atoms with E-state index in [0.29, 0.717) is 5.92 Å². The largest absolute Gasteiger partial charge is 0.385 e. The summed E-state index contributed by atoms with van der Waals surface area (Å²) >= 11 is 0. The van der Waals surface area contributed by atoms with Crippen molar-refractivity contribution in [2.45, 2.75) is 27.2 Å². The first-order valence-electron chi connectivity index (χ1n) is 5.05.